The van der Waals surface area contributed by atoms with Gasteiger partial charge in [-0.25, -0.2) is 0 Å². The quantitative estimate of drug-likeness (QED) is 0.884. The van der Waals surface area contributed by atoms with Crippen molar-refractivity contribution in [1.29, 1.82) is 5.26 Å². The van der Waals surface area contributed by atoms with Gasteiger partial charge in [-0.1, -0.05) is 54.1 Å². The normalized spacial score (nSPS) is 14.3. The van der Waals surface area contributed by atoms with Crippen molar-refractivity contribution in [1.82, 2.24) is 5.32 Å². The molecule has 2 N–H and O–H groups in total. The number of rotatable bonds is 5. The highest BCUT2D eigenvalue weighted by Crippen LogP contribution is 2.25. The van der Waals surface area contributed by atoms with Crippen LogP contribution in [0.2, 0.25) is 5.02 Å². The van der Waals surface area contributed by atoms with Gasteiger partial charge < -0.3 is 10.4 Å². The molecule has 0 bridgehead atoms. The first kappa shape index (κ1) is 17.0. The number of amides is 1. The van der Waals surface area contributed by atoms with Crippen LogP contribution in [0.15, 0.2) is 54.6 Å². The number of nitrogens with one attached hydrogen (secondary N) is 1. The summed E-state index contributed by atoms with van der Waals surface area (Å²) in [5, 5.41) is 22.9. The highest BCUT2D eigenvalue weighted by atomic mass is 35.5. The molecule has 0 spiro atoms. The molecule has 23 heavy (non-hydrogen) atoms. The average Bonchev–Trinajstić information content (AvgIpc) is 2.53. The van der Waals surface area contributed by atoms with Gasteiger partial charge in [-0.15, -0.1) is 0 Å². The Morgan fingerprint density at radius 1 is 1.30 bits per heavy atom. The van der Waals surface area contributed by atoms with E-state index in [0.717, 1.165) is 0 Å². The minimum atomic E-state index is -1.31. The van der Waals surface area contributed by atoms with E-state index in [4.69, 9.17) is 11.6 Å². The van der Waals surface area contributed by atoms with Crippen LogP contribution in [0.3, 0.4) is 0 Å². The molecule has 2 atom stereocenters. The average molecular weight is 329 g/mol. The van der Waals surface area contributed by atoms with Crippen LogP contribution in [0, 0.1) is 11.3 Å². The SMILES string of the molecule is C[C@@](O)(CC(=O)N[C@@H](C#N)c1cccc(Cl)c1)c1ccccc1. The second-order valence-electron chi connectivity index (χ2n) is 5.50. The maximum absolute atomic E-state index is 12.2. The lowest BCUT2D eigenvalue weighted by Gasteiger charge is -2.24. The molecular weight excluding hydrogens is 312 g/mol. The lowest BCUT2D eigenvalue weighted by molar-refractivity contribution is -0.126. The summed E-state index contributed by atoms with van der Waals surface area (Å²) in [4.78, 5) is 12.2. The molecule has 2 rings (SSSR count). The minimum Gasteiger partial charge on any atom is -0.385 e. The zero-order chi connectivity index (χ0) is 16.9. The molecule has 0 aliphatic rings. The first-order valence-electron chi connectivity index (χ1n) is 7.15. The fourth-order valence-corrected chi connectivity index (χ4v) is 2.50. The number of carbonyl (C=O) groups is 1. The Labute approximate surface area is 140 Å². The van der Waals surface area contributed by atoms with Crippen LogP contribution >= 0.6 is 11.6 Å². The van der Waals surface area contributed by atoms with Crippen LogP contribution in [-0.2, 0) is 10.4 Å². The molecule has 4 nitrogen and oxygen atoms in total. The molecule has 5 heteroatoms. The van der Waals surface area contributed by atoms with Crippen molar-refractivity contribution in [3.05, 3.63) is 70.7 Å². The first-order chi connectivity index (χ1) is 10.9. The van der Waals surface area contributed by atoms with Gasteiger partial charge >= 0.3 is 0 Å². The number of hydrogen-bond acceptors (Lipinski definition) is 3. The van der Waals surface area contributed by atoms with Crippen LogP contribution in [0.4, 0.5) is 0 Å². The van der Waals surface area contributed by atoms with Gasteiger partial charge in [-0.2, -0.15) is 5.26 Å². The number of benzene rings is 2. The van der Waals surface area contributed by atoms with Crippen LogP contribution in [0.5, 0.6) is 0 Å². The molecule has 0 aliphatic carbocycles. The van der Waals surface area contributed by atoms with Gasteiger partial charge in [0.15, 0.2) is 0 Å². The molecule has 2 aromatic rings. The van der Waals surface area contributed by atoms with Crippen LogP contribution in [0.1, 0.15) is 30.5 Å². The summed E-state index contributed by atoms with van der Waals surface area (Å²) in [6.07, 6.45) is -0.143. The zero-order valence-electron chi connectivity index (χ0n) is 12.7. The summed E-state index contributed by atoms with van der Waals surface area (Å²) >= 11 is 5.91. The van der Waals surface area contributed by atoms with Crippen molar-refractivity contribution in [3.8, 4) is 6.07 Å². The smallest absolute Gasteiger partial charge is 0.224 e. The maximum Gasteiger partial charge on any atom is 0.224 e. The third-order valence-electron chi connectivity index (χ3n) is 3.52. The number of nitrogens with zero attached hydrogens (tertiary/aromatic N) is 1. The standard InChI is InChI=1S/C18H17ClN2O2/c1-18(23,14-7-3-2-4-8-14)11-17(22)21-16(12-20)13-6-5-9-15(19)10-13/h2-10,16,23H,11H2,1H3,(H,21,22)/t16-,18+/m0/s1. The minimum absolute atomic E-state index is 0.143. The fourth-order valence-electron chi connectivity index (χ4n) is 2.30. The Balaban J connectivity index is 2.08. The molecule has 0 saturated carbocycles. The summed E-state index contributed by atoms with van der Waals surface area (Å²) < 4.78 is 0. The molecule has 0 heterocycles. The molecule has 0 unspecified atom stereocenters. The van der Waals surface area contributed by atoms with E-state index in [1.165, 1.54) is 0 Å². The largest absolute Gasteiger partial charge is 0.385 e. The topological polar surface area (TPSA) is 73.1 Å². The Bertz CT molecular complexity index is 723. The van der Waals surface area contributed by atoms with E-state index in [2.05, 4.69) is 5.32 Å². The number of halogens is 1. The van der Waals surface area contributed by atoms with E-state index in [1.54, 1.807) is 55.5 Å². The number of nitriles is 1. The summed E-state index contributed by atoms with van der Waals surface area (Å²) in [5.41, 5.74) is -0.0567. The van der Waals surface area contributed by atoms with Crippen molar-refractivity contribution in [2.75, 3.05) is 0 Å². The van der Waals surface area contributed by atoms with Crippen LogP contribution in [-0.4, -0.2) is 11.0 Å². The monoisotopic (exact) mass is 328 g/mol. The maximum atomic E-state index is 12.2. The molecule has 0 fully saturated rings. The van der Waals surface area contributed by atoms with E-state index >= 15 is 0 Å². The number of hydrogen-bond donors (Lipinski definition) is 2. The Kier molecular flexibility index (Phi) is 5.38. The van der Waals surface area contributed by atoms with Gasteiger partial charge in [0.25, 0.3) is 0 Å². The van der Waals surface area contributed by atoms with Crippen molar-refractivity contribution < 1.29 is 9.90 Å². The molecule has 0 aliphatic heterocycles. The van der Waals surface area contributed by atoms with E-state index in [1.807, 2.05) is 12.1 Å². The lowest BCUT2D eigenvalue weighted by Crippen LogP contribution is -2.34. The third-order valence-corrected chi connectivity index (χ3v) is 3.75. The molecule has 0 radical (unpaired) electrons. The van der Waals surface area contributed by atoms with E-state index in [-0.39, 0.29) is 6.42 Å². The Hall–Kier alpha value is -2.35. The van der Waals surface area contributed by atoms with Gasteiger partial charge in [-0.05, 0) is 30.2 Å². The number of carbonyl (C=O) groups excluding carboxylic acids is 1. The van der Waals surface area contributed by atoms with Gasteiger partial charge in [-0.3, -0.25) is 4.79 Å². The lowest BCUT2D eigenvalue weighted by atomic mass is 9.92. The predicted molar refractivity (Wildman–Crippen MR) is 88.6 cm³/mol. The molecule has 0 aromatic heterocycles. The Morgan fingerprint density at radius 3 is 2.61 bits per heavy atom. The molecular formula is C18H17ClN2O2. The Morgan fingerprint density at radius 2 is 2.00 bits per heavy atom. The van der Waals surface area contributed by atoms with Gasteiger partial charge in [0, 0.05) is 5.02 Å². The van der Waals surface area contributed by atoms with Gasteiger partial charge in [0.1, 0.15) is 6.04 Å². The summed E-state index contributed by atoms with van der Waals surface area (Å²) in [7, 11) is 0. The van der Waals surface area contributed by atoms with Gasteiger partial charge in [0.05, 0.1) is 18.1 Å². The second kappa shape index (κ2) is 7.28. The van der Waals surface area contributed by atoms with E-state index in [0.29, 0.717) is 16.1 Å². The molecule has 2 aromatic carbocycles. The fraction of sp³-hybridized carbons (Fsp3) is 0.222. The molecule has 1 amide bonds. The molecule has 118 valence electrons. The predicted octanol–water partition coefficient (Wildman–Crippen LogP) is 3.32. The van der Waals surface area contributed by atoms with Crippen LogP contribution in [0.25, 0.3) is 0 Å². The van der Waals surface area contributed by atoms with Gasteiger partial charge in [0.2, 0.25) is 5.91 Å². The molecule has 0 saturated heterocycles. The number of aliphatic hydroxyl groups is 1. The zero-order valence-corrected chi connectivity index (χ0v) is 13.4. The van der Waals surface area contributed by atoms with E-state index in [9.17, 15) is 15.2 Å². The van der Waals surface area contributed by atoms with E-state index < -0.39 is 17.6 Å². The highest BCUT2D eigenvalue weighted by molar-refractivity contribution is 6.30. The summed E-state index contributed by atoms with van der Waals surface area (Å²) in [5.74, 6) is -0.412. The van der Waals surface area contributed by atoms with Crippen LogP contribution < -0.4 is 5.32 Å². The third kappa shape index (κ3) is 4.56. The van der Waals surface area contributed by atoms with Crippen molar-refractivity contribution in [3.63, 3.8) is 0 Å². The van der Waals surface area contributed by atoms with Crippen molar-refractivity contribution >= 4 is 17.5 Å². The first-order valence-corrected chi connectivity index (χ1v) is 7.52. The second-order valence-corrected chi connectivity index (χ2v) is 5.94. The summed E-state index contributed by atoms with van der Waals surface area (Å²) in [6.45, 7) is 1.57. The highest BCUT2D eigenvalue weighted by Gasteiger charge is 2.27. The van der Waals surface area contributed by atoms with Crippen molar-refractivity contribution in [2.45, 2.75) is 25.0 Å². The van der Waals surface area contributed by atoms with Crippen molar-refractivity contribution in [2.24, 2.45) is 0 Å². The summed E-state index contributed by atoms with van der Waals surface area (Å²) in [6, 6.07) is 16.9.